The molecule has 0 bridgehead atoms. The molecule has 20 heavy (non-hydrogen) atoms. The first-order valence-corrected chi connectivity index (χ1v) is 6.84. The third-order valence-electron chi connectivity index (χ3n) is 3.08. The highest BCUT2D eigenvalue weighted by molar-refractivity contribution is 6.02. The van der Waals surface area contributed by atoms with Gasteiger partial charge in [0.1, 0.15) is 11.5 Å². The van der Waals surface area contributed by atoms with E-state index in [0.717, 1.165) is 36.4 Å². The van der Waals surface area contributed by atoms with Crippen LogP contribution in [0.2, 0.25) is 0 Å². The van der Waals surface area contributed by atoms with Gasteiger partial charge < -0.3 is 20.0 Å². The van der Waals surface area contributed by atoms with E-state index in [4.69, 9.17) is 20.0 Å². The van der Waals surface area contributed by atoms with Crippen molar-refractivity contribution >= 4 is 11.8 Å². The molecule has 2 aromatic rings. The summed E-state index contributed by atoms with van der Waals surface area (Å²) in [6.07, 6.45) is 8.47. The van der Waals surface area contributed by atoms with Crippen LogP contribution in [0.1, 0.15) is 30.8 Å². The number of hydrogen-bond acceptors (Lipinski definition) is 4. The standard InChI is InChI=1S/C16H20N2O2/c17-8-2-1-5-13(11-14-6-3-9-19-14)16(18)12-15-7-4-10-20-15/h3-4,6-7,9-11,18H,1-2,5,8,12,17H2. The fourth-order valence-corrected chi connectivity index (χ4v) is 2.02. The van der Waals surface area contributed by atoms with E-state index in [1.54, 1.807) is 12.5 Å². The van der Waals surface area contributed by atoms with Crippen LogP contribution in [0, 0.1) is 5.41 Å². The molecule has 0 aliphatic rings. The van der Waals surface area contributed by atoms with E-state index in [9.17, 15) is 0 Å². The van der Waals surface area contributed by atoms with E-state index in [2.05, 4.69) is 0 Å². The molecular formula is C16H20N2O2. The summed E-state index contributed by atoms with van der Waals surface area (Å²) in [5.41, 5.74) is 7.07. The lowest BCUT2D eigenvalue weighted by molar-refractivity contribution is 0.526. The molecule has 0 saturated heterocycles. The fraction of sp³-hybridized carbons (Fsp3) is 0.312. The average molecular weight is 272 g/mol. The van der Waals surface area contributed by atoms with Crippen molar-refractivity contribution in [2.45, 2.75) is 25.7 Å². The van der Waals surface area contributed by atoms with Gasteiger partial charge in [-0.25, -0.2) is 0 Å². The lowest BCUT2D eigenvalue weighted by atomic mass is 9.99. The van der Waals surface area contributed by atoms with Gasteiger partial charge in [0.05, 0.1) is 12.5 Å². The second kappa shape index (κ2) is 7.50. The van der Waals surface area contributed by atoms with Gasteiger partial charge in [0.25, 0.3) is 0 Å². The molecule has 0 fully saturated rings. The quantitative estimate of drug-likeness (QED) is 0.569. The number of rotatable bonds is 8. The summed E-state index contributed by atoms with van der Waals surface area (Å²) in [7, 11) is 0. The van der Waals surface area contributed by atoms with Gasteiger partial charge in [0, 0.05) is 12.1 Å². The van der Waals surface area contributed by atoms with Crippen LogP contribution < -0.4 is 5.73 Å². The predicted molar refractivity (Wildman–Crippen MR) is 79.7 cm³/mol. The second-order valence-electron chi connectivity index (χ2n) is 4.67. The zero-order chi connectivity index (χ0) is 14.2. The van der Waals surface area contributed by atoms with Crippen LogP contribution in [-0.4, -0.2) is 12.3 Å². The van der Waals surface area contributed by atoms with Gasteiger partial charge in [-0.2, -0.15) is 0 Å². The molecule has 2 heterocycles. The summed E-state index contributed by atoms with van der Waals surface area (Å²) in [6.45, 7) is 0.680. The molecule has 0 spiro atoms. The molecule has 0 radical (unpaired) electrons. The minimum Gasteiger partial charge on any atom is -0.469 e. The zero-order valence-electron chi connectivity index (χ0n) is 11.5. The van der Waals surface area contributed by atoms with Crippen molar-refractivity contribution in [2.24, 2.45) is 5.73 Å². The third kappa shape index (κ3) is 4.24. The molecule has 106 valence electrons. The SMILES string of the molecule is N=C(Cc1ccco1)C(=Cc1ccco1)CCCCN. The van der Waals surface area contributed by atoms with Crippen LogP contribution in [0.3, 0.4) is 0 Å². The van der Waals surface area contributed by atoms with Crippen molar-refractivity contribution < 1.29 is 8.83 Å². The van der Waals surface area contributed by atoms with E-state index in [1.165, 1.54) is 0 Å². The summed E-state index contributed by atoms with van der Waals surface area (Å²) in [6, 6.07) is 7.47. The average Bonchev–Trinajstić information content (AvgIpc) is 3.11. The summed E-state index contributed by atoms with van der Waals surface area (Å²) in [5.74, 6) is 1.58. The summed E-state index contributed by atoms with van der Waals surface area (Å²) >= 11 is 0. The van der Waals surface area contributed by atoms with Crippen LogP contribution in [0.25, 0.3) is 6.08 Å². The van der Waals surface area contributed by atoms with Gasteiger partial charge in [0.15, 0.2) is 0 Å². The number of nitrogens with two attached hydrogens (primary N) is 1. The van der Waals surface area contributed by atoms with Gasteiger partial charge in [-0.1, -0.05) is 0 Å². The van der Waals surface area contributed by atoms with Crippen molar-refractivity contribution in [1.82, 2.24) is 0 Å². The Morgan fingerprint density at radius 1 is 1.15 bits per heavy atom. The third-order valence-corrected chi connectivity index (χ3v) is 3.08. The van der Waals surface area contributed by atoms with Gasteiger partial charge in [-0.05, 0) is 61.7 Å². The van der Waals surface area contributed by atoms with Crippen molar-refractivity contribution in [3.05, 3.63) is 53.9 Å². The minimum absolute atomic E-state index is 0.502. The lowest BCUT2D eigenvalue weighted by Crippen LogP contribution is -2.06. The maximum atomic E-state index is 8.26. The minimum atomic E-state index is 0.502. The molecule has 4 heteroatoms. The van der Waals surface area contributed by atoms with Crippen molar-refractivity contribution in [3.8, 4) is 0 Å². The van der Waals surface area contributed by atoms with E-state index < -0.39 is 0 Å². The topological polar surface area (TPSA) is 76.2 Å². The first-order chi connectivity index (χ1) is 9.79. The van der Waals surface area contributed by atoms with Gasteiger partial charge in [-0.15, -0.1) is 0 Å². The van der Waals surface area contributed by atoms with Crippen molar-refractivity contribution in [1.29, 1.82) is 5.41 Å². The predicted octanol–water partition coefficient (Wildman–Crippen LogP) is 3.65. The molecule has 0 amide bonds. The normalized spacial score (nSPS) is 11.8. The van der Waals surface area contributed by atoms with E-state index in [1.807, 2.05) is 30.3 Å². The Bertz CT molecular complexity index is 539. The number of unbranched alkanes of at least 4 members (excludes halogenated alkanes) is 1. The molecule has 0 atom stereocenters. The van der Waals surface area contributed by atoms with Crippen LogP contribution in [0.5, 0.6) is 0 Å². The summed E-state index contributed by atoms with van der Waals surface area (Å²) < 4.78 is 10.6. The Morgan fingerprint density at radius 2 is 1.95 bits per heavy atom. The van der Waals surface area contributed by atoms with E-state index in [0.29, 0.717) is 18.7 Å². The molecule has 2 rings (SSSR count). The first-order valence-electron chi connectivity index (χ1n) is 6.84. The van der Waals surface area contributed by atoms with Crippen LogP contribution in [0.15, 0.2) is 51.2 Å². The maximum Gasteiger partial charge on any atom is 0.126 e. The van der Waals surface area contributed by atoms with Crippen LogP contribution in [0.4, 0.5) is 0 Å². The Morgan fingerprint density at radius 3 is 2.60 bits per heavy atom. The highest BCUT2D eigenvalue weighted by atomic mass is 16.3. The van der Waals surface area contributed by atoms with Crippen LogP contribution in [-0.2, 0) is 6.42 Å². The molecule has 2 aromatic heterocycles. The largest absolute Gasteiger partial charge is 0.469 e. The zero-order valence-corrected chi connectivity index (χ0v) is 11.5. The molecule has 0 aromatic carbocycles. The first kappa shape index (κ1) is 14.3. The van der Waals surface area contributed by atoms with Gasteiger partial charge in [0.2, 0.25) is 0 Å². The molecule has 0 aliphatic heterocycles. The van der Waals surface area contributed by atoms with Crippen molar-refractivity contribution in [3.63, 3.8) is 0 Å². The highest BCUT2D eigenvalue weighted by Gasteiger charge is 2.09. The second-order valence-corrected chi connectivity index (χ2v) is 4.67. The van der Waals surface area contributed by atoms with Crippen molar-refractivity contribution in [2.75, 3.05) is 6.54 Å². The summed E-state index contributed by atoms with van der Waals surface area (Å²) in [5, 5.41) is 8.26. The molecule has 0 saturated carbocycles. The Kier molecular flexibility index (Phi) is 5.38. The fourth-order valence-electron chi connectivity index (χ4n) is 2.02. The van der Waals surface area contributed by atoms with Crippen LogP contribution >= 0.6 is 0 Å². The lowest BCUT2D eigenvalue weighted by Gasteiger charge is -2.08. The van der Waals surface area contributed by atoms with Gasteiger partial charge >= 0.3 is 0 Å². The maximum absolute atomic E-state index is 8.26. The Hall–Kier alpha value is -2.07. The van der Waals surface area contributed by atoms with E-state index >= 15 is 0 Å². The number of hydrogen-bond donors (Lipinski definition) is 2. The molecule has 3 N–H and O–H groups in total. The Balaban J connectivity index is 2.06. The molecule has 0 unspecified atom stereocenters. The number of allylic oxidation sites excluding steroid dienone is 1. The molecule has 0 aliphatic carbocycles. The number of nitrogens with one attached hydrogen (secondary N) is 1. The Labute approximate surface area is 118 Å². The molecular weight excluding hydrogens is 252 g/mol. The molecule has 4 nitrogen and oxygen atoms in total. The number of furan rings is 2. The van der Waals surface area contributed by atoms with Gasteiger partial charge in [-0.3, -0.25) is 0 Å². The van der Waals surface area contributed by atoms with E-state index in [-0.39, 0.29) is 0 Å². The monoisotopic (exact) mass is 272 g/mol. The summed E-state index contributed by atoms with van der Waals surface area (Å²) in [4.78, 5) is 0. The smallest absolute Gasteiger partial charge is 0.126 e. The highest BCUT2D eigenvalue weighted by Crippen LogP contribution is 2.17.